The van der Waals surface area contributed by atoms with Gasteiger partial charge >= 0.3 is 5.97 Å². The molecule has 1 heterocycles. The number of nitro groups is 1. The van der Waals surface area contributed by atoms with Crippen LogP contribution in [0.2, 0.25) is 0 Å². The summed E-state index contributed by atoms with van der Waals surface area (Å²) in [6.07, 6.45) is 6.06. The molecule has 2 rings (SSSR count). The van der Waals surface area contributed by atoms with Crippen molar-refractivity contribution in [3.8, 4) is 0 Å². The molecule has 0 saturated carbocycles. The highest BCUT2D eigenvalue weighted by molar-refractivity contribution is 5.91. The number of aryl methyl sites for hydroxylation is 1. The van der Waals surface area contributed by atoms with E-state index < -0.39 is 10.9 Å². The van der Waals surface area contributed by atoms with Gasteiger partial charge in [0.15, 0.2) is 0 Å². The monoisotopic (exact) mass is 318 g/mol. The number of aromatic nitrogens is 2. The van der Waals surface area contributed by atoms with Crippen molar-refractivity contribution in [1.29, 1.82) is 0 Å². The molecule has 0 spiro atoms. The van der Waals surface area contributed by atoms with Crippen LogP contribution in [0.3, 0.4) is 0 Å². The number of nitrogens with one attached hydrogen (secondary N) is 1. The number of benzene rings is 1. The van der Waals surface area contributed by atoms with Crippen LogP contribution in [0, 0.1) is 10.1 Å². The van der Waals surface area contributed by atoms with Crippen molar-refractivity contribution in [2.45, 2.75) is 19.9 Å². The Morgan fingerprint density at radius 2 is 2.30 bits per heavy atom. The molecule has 1 N–H and O–H groups in total. The average molecular weight is 318 g/mol. The number of nitrogens with zero attached hydrogens (tertiary/aromatic N) is 3. The van der Waals surface area contributed by atoms with Gasteiger partial charge in [0.1, 0.15) is 5.69 Å². The number of carbonyl (C=O) groups excluding carboxylic acids is 1. The predicted octanol–water partition coefficient (Wildman–Crippen LogP) is 2.47. The number of anilines is 1. The van der Waals surface area contributed by atoms with E-state index in [1.165, 1.54) is 18.2 Å². The highest BCUT2D eigenvalue weighted by Gasteiger charge is 2.17. The summed E-state index contributed by atoms with van der Waals surface area (Å²) in [6, 6.07) is 4.28. The molecule has 1 aromatic carbocycles. The van der Waals surface area contributed by atoms with Crippen LogP contribution in [0.4, 0.5) is 11.4 Å². The molecule has 0 bridgehead atoms. The van der Waals surface area contributed by atoms with Gasteiger partial charge in [0.25, 0.3) is 5.69 Å². The first-order valence-electron chi connectivity index (χ1n) is 7.27. The van der Waals surface area contributed by atoms with E-state index >= 15 is 0 Å². The smallest absolute Gasteiger partial charge is 0.338 e. The van der Waals surface area contributed by atoms with Crippen molar-refractivity contribution in [1.82, 2.24) is 9.55 Å². The van der Waals surface area contributed by atoms with Crippen molar-refractivity contribution in [2.24, 2.45) is 0 Å². The quantitative estimate of drug-likeness (QED) is 0.347. The zero-order chi connectivity index (χ0) is 16.7. The molecule has 0 unspecified atom stereocenters. The predicted molar refractivity (Wildman–Crippen MR) is 84.4 cm³/mol. The summed E-state index contributed by atoms with van der Waals surface area (Å²) in [5.74, 6) is -0.567. The van der Waals surface area contributed by atoms with Gasteiger partial charge in [-0.3, -0.25) is 10.1 Å². The Labute approximate surface area is 133 Å². The van der Waals surface area contributed by atoms with E-state index in [2.05, 4.69) is 10.3 Å². The van der Waals surface area contributed by atoms with E-state index in [-0.39, 0.29) is 17.9 Å². The molecule has 0 aliphatic rings. The molecule has 0 atom stereocenters. The maximum Gasteiger partial charge on any atom is 0.338 e. The number of carbonyl (C=O) groups is 1. The zero-order valence-corrected chi connectivity index (χ0v) is 12.8. The molecule has 2 aromatic rings. The van der Waals surface area contributed by atoms with Crippen LogP contribution >= 0.6 is 0 Å². The van der Waals surface area contributed by atoms with Crippen molar-refractivity contribution in [2.75, 3.05) is 18.5 Å². The Morgan fingerprint density at radius 3 is 2.96 bits per heavy atom. The van der Waals surface area contributed by atoms with Gasteiger partial charge in [-0.1, -0.05) is 0 Å². The number of esters is 1. The summed E-state index contributed by atoms with van der Waals surface area (Å²) in [7, 11) is 0. The Kier molecular flexibility index (Phi) is 5.67. The van der Waals surface area contributed by atoms with Gasteiger partial charge in [0.05, 0.1) is 23.4 Å². The van der Waals surface area contributed by atoms with E-state index in [1.807, 2.05) is 10.8 Å². The third-order valence-corrected chi connectivity index (χ3v) is 3.17. The molecule has 8 heteroatoms. The Morgan fingerprint density at radius 1 is 1.48 bits per heavy atom. The van der Waals surface area contributed by atoms with Crippen molar-refractivity contribution in [3.63, 3.8) is 0 Å². The lowest BCUT2D eigenvalue weighted by molar-refractivity contribution is -0.384. The van der Waals surface area contributed by atoms with Crippen LogP contribution in [0.15, 0.2) is 36.9 Å². The average Bonchev–Trinajstić information content (AvgIpc) is 3.05. The first-order chi connectivity index (χ1) is 11.1. The highest BCUT2D eigenvalue weighted by Crippen LogP contribution is 2.26. The standard InChI is InChI=1S/C15H18N4O4/c1-2-23-15(20)12-4-5-13(14(10-12)19(21)22)17-6-3-8-18-9-7-16-11-18/h4-5,7,9-11,17H,2-3,6,8H2,1H3. The van der Waals surface area contributed by atoms with Crippen LogP contribution in [0.1, 0.15) is 23.7 Å². The van der Waals surface area contributed by atoms with Gasteiger partial charge in [-0.25, -0.2) is 9.78 Å². The number of hydrogen-bond acceptors (Lipinski definition) is 6. The topological polar surface area (TPSA) is 99.3 Å². The van der Waals surface area contributed by atoms with Gasteiger partial charge in [-0.2, -0.15) is 0 Å². The summed E-state index contributed by atoms with van der Waals surface area (Å²) >= 11 is 0. The number of nitro benzene ring substituents is 1. The molecule has 0 fully saturated rings. The SMILES string of the molecule is CCOC(=O)c1ccc(NCCCn2ccnc2)c([N+](=O)[O-])c1. The zero-order valence-electron chi connectivity index (χ0n) is 12.8. The summed E-state index contributed by atoms with van der Waals surface area (Å²) in [4.78, 5) is 26.3. The minimum absolute atomic E-state index is 0.141. The van der Waals surface area contributed by atoms with E-state index in [1.54, 1.807) is 19.4 Å². The molecular weight excluding hydrogens is 300 g/mol. The van der Waals surface area contributed by atoms with E-state index in [0.29, 0.717) is 12.2 Å². The fourth-order valence-corrected chi connectivity index (χ4v) is 2.08. The summed E-state index contributed by atoms with van der Waals surface area (Å²) in [5.41, 5.74) is 0.411. The molecule has 0 aliphatic carbocycles. The van der Waals surface area contributed by atoms with Crippen LogP contribution in [-0.2, 0) is 11.3 Å². The lowest BCUT2D eigenvalue weighted by Gasteiger charge is -2.09. The first-order valence-corrected chi connectivity index (χ1v) is 7.27. The summed E-state index contributed by atoms with van der Waals surface area (Å²) in [5, 5.41) is 14.2. The molecule has 8 nitrogen and oxygen atoms in total. The van der Waals surface area contributed by atoms with Gasteiger partial charge in [-0.15, -0.1) is 0 Å². The molecular formula is C15H18N4O4. The lowest BCUT2D eigenvalue weighted by atomic mass is 10.1. The lowest BCUT2D eigenvalue weighted by Crippen LogP contribution is -2.09. The highest BCUT2D eigenvalue weighted by atomic mass is 16.6. The molecule has 0 radical (unpaired) electrons. The van der Waals surface area contributed by atoms with Gasteiger partial charge in [0.2, 0.25) is 0 Å². The summed E-state index contributed by atoms with van der Waals surface area (Å²) in [6.45, 7) is 3.24. The molecule has 23 heavy (non-hydrogen) atoms. The number of rotatable bonds is 8. The second-order valence-electron chi connectivity index (χ2n) is 4.79. The van der Waals surface area contributed by atoms with Crippen LogP contribution in [-0.4, -0.2) is 33.6 Å². The number of imidazole rings is 1. The van der Waals surface area contributed by atoms with Crippen molar-refractivity contribution < 1.29 is 14.5 Å². The Bertz CT molecular complexity index is 670. The minimum atomic E-state index is -0.567. The Balaban J connectivity index is 1.99. The van der Waals surface area contributed by atoms with Gasteiger partial charge in [-0.05, 0) is 25.5 Å². The third kappa shape index (κ3) is 4.53. The fraction of sp³-hybridized carbons (Fsp3) is 0.333. The normalized spacial score (nSPS) is 10.3. The molecule has 0 aliphatic heterocycles. The second-order valence-corrected chi connectivity index (χ2v) is 4.79. The summed E-state index contributed by atoms with van der Waals surface area (Å²) < 4.78 is 6.78. The molecule has 0 amide bonds. The molecule has 122 valence electrons. The van der Waals surface area contributed by atoms with Crippen molar-refractivity contribution in [3.05, 3.63) is 52.6 Å². The maximum absolute atomic E-state index is 11.6. The van der Waals surface area contributed by atoms with Crippen LogP contribution in [0.25, 0.3) is 0 Å². The number of hydrogen-bond donors (Lipinski definition) is 1. The second kappa shape index (κ2) is 7.92. The molecule has 0 saturated heterocycles. The Hall–Kier alpha value is -2.90. The largest absolute Gasteiger partial charge is 0.462 e. The van der Waals surface area contributed by atoms with Gasteiger partial charge < -0.3 is 14.6 Å². The minimum Gasteiger partial charge on any atom is -0.462 e. The van der Waals surface area contributed by atoms with Crippen LogP contribution < -0.4 is 5.32 Å². The van der Waals surface area contributed by atoms with E-state index in [9.17, 15) is 14.9 Å². The van der Waals surface area contributed by atoms with E-state index in [0.717, 1.165) is 13.0 Å². The maximum atomic E-state index is 11.6. The van der Waals surface area contributed by atoms with Crippen molar-refractivity contribution >= 4 is 17.3 Å². The molecule has 1 aromatic heterocycles. The van der Waals surface area contributed by atoms with Gasteiger partial charge in [0, 0.05) is 31.5 Å². The first kappa shape index (κ1) is 16.5. The fourth-order valence-electron chi connectivity index (χ4n) is 2.08. The van der Waals surface area contributed by atoms with E-state index in [4.69, 9.17) is 4.74 Å². The third-order valence-electron chi connectivity index (χ3n) is 3.17. The number of ether oxygens (including phenoxy) is 1. The van der Waals surface area contributed by atoms with Crippen LogP contribution in [0.5, 0.6) is 0 Å².